The third kappa shape index (κ3) is 1.57. The van der Waals surface area contributed by atoms with Gasteiger partial charge in [0.1, 0.15) is 0 Å². The van der Waals surface area contributed by atoms with Crippen molar-refractivity contribution in [3.8, 4) is 0 Å². The molecule has 1 aromatic rings. The molecule has 1 rings (SSSR count). The molecule has 9 heavy (non-hydrogen) atoms. The number of anilines is 1. The van der Waals surface area contributed by atoms with Crippen molar-refractivity contribution >= 4 is 12.0 Å². The van der Waals surface area contributed by atoms with Crippen molar-refractivity contribution in [3.05, 3.63) is 30.3 Å². The van der Waals surface area contributed by atoms with Gasteiger partial charge in [-0.3, -0.25) is 5.41 Å². The molecule has 0 spiro atoms. The van der Waals surface area contributed by atoms with E-state index in [1.807, 2.05) is 30.3 Å². The number of nitrogens with one attached hydrogen (secondary N) is 2. The molecule has 0 heterocycles. The van der Waals surface area contributed by atoms with Crippen LogP contribution in [0.3, 0.4) is 0 Å². The van der Waals surface area contributed by atoms with E-state index in [9.17, 15) is 0 Å². The summed E-state index contributed by atoms with van der Waals surface area (Å²) in [5.74, 6) is 0. The van der Waals surface area contributed by atoms with Crippen molar-refractivity contribution in [1.29, 1.82) is 5.41 Å². The van der Waals surface area contributed by atoms with E-state index in [1.54, 1.807) is 0 Å². The Hall–Kier alpha value is -1.31. The molecule has 1 radical (unpaired) electrons. The van der Waals surface area contributed by atoms with Crippen LogP contribution in [-0.4, -0.2) is 6.34 Å². The largest absolute Gasteiger partial charge is 0.338 e. The standard InChI is InChI=1S/C7H7N2/c8-6-9-7-4-2-1-3-5-7/h1-5H,(H2,8,9). The van der Waals surface area contributed by atoms with Gasteiger partial charge in [-0.1, -0.05) is 18.2 Å². The molecule has 1 aromatic carbocycles. The molecular formula is C7H7N2. The van der Waals surface area contributed by atoms with Gasteiger partial charge < -0.3 is 5.32 Å². The normalized spacial score (nSPS) is 8.44. The third-order valence-electron chi connectivity index (χ3n) is 0.981. The fraction of sp³-hybridized carbons (Fsp3) is 0. The molecule has 0 saturated heterocycles. The first-order valence-corrected chi connectivity index (χ1v) is 2.66. The lowest BCUT2D eigenvalue weighted by atomic mass is 10.3. The number of rotatable bonds is 2. The van der Waals surface area contributed by atoms with Gasteiger partial charge in [-0.25, -0.2) is 0 Å². The minimum absolute atomic E-state index is 0.896. The molecule has 0 aliphatic carbocycles. The molecule has 2 N–H and O–H groups in total. The summed E-state index contributed by atoms with van der Waals surface area (Å²) in [5.41, 5.74) is 0.896. The van der Waals surface area contributed by atoms with Crippen LogP contribution in [-0.2, 0) is 0 Å². The second-order valence-corrected chi connectivity index (χ2v) is 1.62. The van der Waals surface area contributed by atoms with Crippen molar-refractivity contribution in [3.63, 3.8) is 0 Å². The molecule has 2 heteroatoms. The monoisotopic (exact) mass is 119 g/mol. The first-order valence-electron chi connectivity index (χ1n) is 2.66. The van der Waals surface area contributed by atoms with Crippen LogP contribution in [0, 0.1) is 5.41 Å². The van der Waals surface area contributed by atoms with E-state index in [0.29, 0.717) is 0 Å². The maximum atomic E-state index is 6.58. The lowest BCUT2D eigenvalue weighted by molar-refractivity contribution is 1.53. The zero-order valence-electron chi connectivity index (χ0n) is 4.89. The van der Waals surface area contributed by atoms with Crippen molar-refractivity contribution in [2.24, 2.45) is 0 Å². The molecule has 0 aliphatic heterocycles. The minimum Gasteiger partial charge on any atom is -0.338 e. The van der Waals surface area contributed by atoms with Crippen LogP contribution in [0.4, 0.5) is 5.69 Å². The molecule has 0 amide bonds. The Morgan fingerprint density at radius 2 is 1.89 bits per heavy atom. The lowest BCUT2D eigenvalue weighted by Crippen LogP contribution is -1.90. The number of hydrogen-bond acceptors (Lipinski definition) is 1. The average molecular weight is 119 g/mol. The van der Waals surface area contributed by atoms with E-state index in [0.717, 1.165) is 5.69 Å². The van der Waals surface area contributed by atoms with Gasteiger partial charge in [0.2, 0.25) is 0 Å². The summed E-state index contributed by atoms with van der Waals surface area (Å²) >= 11 is 0. The summed E-state index contributed by atoms with van der Waals surface area (Å²) in [6, 6.07) is 9.48. The quantitative estimate of drug-likeness (QED) is 0.346. The van der Waals surface area contributed by atoms with Gasteiger partial charge in [-0.15, -0.1) is 0 Å². The van der Waals surface area contributed by atoms with Crippen LogP contribution in [0.5, 0.6) is 0 Å². The summed E-state index contributed by atoms with van der Waals surface area (Å²) in [6.45, 7) is 0. The number of benzene rings is 1. The van der Waals surface area contributed by atoms with E-state index in [1.165, 1.54) is 0 Å². The van der Waals surface area contributed by atoms with Crippen LogP contribution >= 0.6 is 0 Å². The highest BCUT2D eigenvalue weighted by Crippen LogP contribution is 2.01. The highest BCUT2D eigenvalue weighted by molar-refractivity contribution is 5.72. The predicted octanol–water partition coefficient (Wildman–Crippen LogP) is 1.58. The SMILES string of the molecule is N=[C]Nc1ccccc1. The summed E-state index contributed by atoms with van der Waals surface area (Å²) in [5, 5.41) is 9.20. The van der Waals surface area contributed by atoms with E-state index in [4.69, 9.17) is 5.41 Å². The van der Waals surface area contributed by atoms with Gasteiger partial charge in [-0.05, 0) is 12.1 Å². The molecule has 0 aliphatic rings. The Balaban J connectivity index is 2.72. The van der Waals surface area contributed by atoms with Crippen LogP contribution in [0.25, 0.3) is 0 Å². The molecule has 0 saturated carbocycles. The second kappa shape index (κ2) is 2.87. The van der Waals surface area contributed by atoms with E-state index in [-0.39, 0.29) is 0 Å². The Morgan fingerprint density at radius 1 is 1.22 bits per heavy atom. The third-order valence-corrected chi connectivity index (χ3v) is 0.981. The van der Waals surface area contributed by atoms with Gasteiger partial charge in [0.05, 0.1) is 0 Å². The fourth-order valence-corrected chi connectivity index (χ4v) is 0.594. The maximum Gasteiger partial charge on any atom is 0.165 e. The van der Waals surface area contributed by atoms with Crippen molar-refractivity contribution < 1.29 is 0 Å². The van der Waals surface area contributed by atoms with Crippen molar-refractivity contribution in [2.75, 3.05) is 5.32 Å². The summed E-state index contributed by atoms with van der Waals surface area (Å²) in [7, 11) is 0. The Morgan fingerprint density at radius 3 is 2.44 bits per heavy atom. The van der Waals surface area contributed by atoms with Crippen molar-refractivity contribution in [2.45, 2.75) is 0 Å². The highest BCUT2D eigenvalue weighted by atomic mass is 14.9. The fourth-order valence-electron chi connectivity index (χ4n) is 0.594. The molecule has 0 atom stereocenters. The smallest absolute Gasteiger partial charge is 0.165 e. The minimum atomic E-state index is 0.896. The predicted molar refractivity (Wildman–Crippen MR) is 37.8 cm³/mol. The molecule has 0 aromatic heterocycles. The molecule has 0 fully saturated rings. The number of para-hydroxylation sites is 1. The van der Waals surface area contributed by atoms with Gasteiger partial charge in [-0.2, -0.15) is 0 Å². The summed E-state index contributed by atoms with van der Waals surface area (Å²) in [6.07, 6.45) is 2.08. The molecule has 0 bridgehead atoms. The average Bonchev–Trinajstić information content (AvgIpc) is 1.91. The molecule has 45 valence electrons. The first kappa shape index (κ1) is 5.82. The summed E-state index contributed by atoms with van der Waals surface area (Å²) in [4.78, 5) is 0. The maximum absolute atomic E-state index is 6.58. The topological polar surface area (TPSA) is 35.9 Å². The zero-order chi connectivity index (χ0) is 6.53. The Labute approximate surface area is 54.0 Å². The second-order valence-electron chi connectivity index (χ2n) is 1.62. The van der Waals surface area contributed by atoms with Crippen LogP contribution in [0.1, 0.15) is 0 Å². The molecular weight excluding hydrogens is 112 g/mol. The molecule has 0 unspecified atom stereocenters. The van der Waals surface area contributed by atoms with Gasteiger partial charge in [0.15, 0.2) is 6.34 Å². The Bertz CT molecular complexity index is 181. The van der Waals surface area contributed by atoms with Crippen molar-refractivity contribution in [1.82, 2.24) is 0 Å². The summed E-state index contributed by atoms with van der Waals surface area (Å²) < 4.78 is 0. The van der Waals surface area contributed by atoms with E-state index < -0.39 is 0 Å². The van der Waals surface area contributed by atoms with E-state index in [2.05, 4.69) is 11.7 Å². The lowest BCUT2D eigenvalue weighted by Gasteiger charge is -1.93. The van der Waals surface area contributed by atoms with E-state index >= 15 is 0 Å². The zero-order valence-corrected chi connectivity index (χ0v) is 4.89. The van der Waals surface area contributed by atoms with Crippen LogP contribution < -0.4 is 5.32 Å². The van der Waals surface area contributed by atoms with Crippen LogP contribution in [0.15, 0.2) is 30.3 Å². The van der Waals surface area contributed by atoms with Gasteiger partial charge in [0.25, 0.3) is 0 Å². The first-order chi connectivity index (χ1) is 4.43. The number of hydrogen-bond donors (Lipinski definition) is 2. The Kier molecular flexibility index (Phi) is 1.85. The highest BCUT2D eigenvalue weighted by Gasteiger charge is 1.81. The van der Waals surface area contributed by atoms with Gasteiger partial charge in [0, 0.05) is 5.69 Å². The van der Waals surface area contributed by atoms with Crippen LogP contribution in [0.2, 0.25) is 0 Å². The van der Waals surface area contributed by atoms with Gasteiger partial charge >= 0.3 is 0 Å². The molecule has 2 nitrogen and oxygen atoms in total.